The van der Waals surface area contributed by atoms with E-state index in [1.807, 2.05) is 0 Å². The number of anilines is 1. The number of carboxylic acid groups (broad SMARTS) is 4. The van der Waals surface area contributed by atoms with Crippen molar-refractivity contribution in [2.75, 3.05) is 57.4 Å². The fourth-order valence-electron chi connectivity index (χ4n) is 5.29. The minimum absolute atomic E-state index is 0.00684. The minimum Gasteiger partial charge on any atom is -0.508 e. The maximum absolute atomic E-state index is 13.8. The number of ketones is 1. The number of aliphatic carboxylic acids is 4. The first-order chi connectivity index (χ1) is 22.7. The van der Waals surface area contributed by atoms with Crippen molar-refractivity contribution >= 4 is 53.5 Å². The van der Waals surface area contributed by atoms with Crippen molar-refractivity contribution in [2.45, 2.75) is 0 Å². The van der Waals surface area contributed by atoms with Crippen LogP contribution >= 0.6 is 7.29 Å². The second kappa shape index (κ2) is 15.1. The first kappa shape index (κ1) is 35.6. The minimum atomic E-state index is -3.83. The monoisotopic (exact) mass is 685 g/mol. The zero-order chi connectivity index (χ0) is 35.2. The molecule has 2 aromatic carbocycles. The zero-order valence-electron chi connectivity index (χ0n) is 25.3. The molecular weight excluding hydrogens is 653 g/mol. The largest absolute Gasteiger partial charge is 0.508 e. The lowest BCUT2D eigenvalue weighted by Gasteiger charge is -2.31. The van der Waals surface area contributed by atoms with Gasteiger partial charge in [-0.1, -0.05) is 6.07 Å². The van der Waals surface area contributed by atoms with Gasteiger partial charge in [0.25, 0.3) is 0 Å². The van der Waals surface area contributed by atoms with E-state index in [1.54, 1.807) is 6.07 Å². The van der Waals surface area contributed by atoms with E-state index < -0.39 is 63.1 Å². The first-order valence-electron chi connectivity index (χ1n) is 14.3. The van der Waals surface area contributed by atoms with E-state index in [2.05, 4.69) is 0 Å². The van der Waals surface area contributed by atoms with Crippen molar-refractivity contribution in [2.24, 2.45) is 5.50 Å². The number of benzene rings is 2. The quantitative estimate of drug-likeness (QED) is 0.100. The number of ether oxygens (including phenoxy) is 2. The Bertz CT molecular complexity index is 1770. The molecule has 16 nitrogen and oxygen atoms in total. The number of carbonyl (C=O) groups is 5. The third-order valence-corrected chi connectivity index (χ3v) is 9.37. The standard InChI is InChI=1S/C31H32N3O13P/c32-48(45)25-12-19(35)2-4-21(25)31(22-5-3-20(36)13-26(22)48)18-1-6-23(34(16-29(41)42)17-30(43)44)24(11-18)47-10-9-46-8-7-33(14-27(37)38)15-28(39)40/h1-6,11-13,35H,7-10,14-17H2,(H2,32,45)(H,37,38)(H,39,40)(H,41,42)(H,43,44). The van der Waals surface area contributed by atoms with Gasteiger partial charge in [-0.2, -0.15) is 0 Å². The molecule has 0 fully saturated rings. The number of hydrogen-bond donors (Lipinski definition) is 6. The van der Waals surface area contributed by atoms with Crippen molar-refractivity contribution in [1.82, 2.24) is 4.90 Å². The average Bonchev–Trinajstić information content (AvgIpc) is 2.98. The molecule has 7 N–H and O–H groups in total. The van der Waals surface area contributed by atoms with Gasteiger partial charge < -0.3 is 39.9 Å². The lowest BCUT2D eigenvalue weighted by atomic mass is 9.89. The topological polar surface area (TPSA) is 255 Å². The molecule has 1 aliphatic heterocycles. The molecule has 0 aromatic heterocycles. The van der Waals surface area contributed by atoms with Gasteiger partial charge in [0.05, 0.1) is 32.0 Å². The molecular formula is C31H32N3O13P. The van der Waals surface area contributed by atoms with Crippen LogP contribution in [0.25, 0.3) is 5.57 Å². The average molecular weight is 686 g/mol. The Hall–Kier alpha value is -5.28. The van der Waals surface area contributed by atoms with Crippen LogP contribution in [-0.2, 0) is 33.3 Å². The molecule has 0 amide bonds. The molecule has 1 atom stereocenters. The van der Waals surface area contributed by atoms with Gasteiger partial charge in [-0.15, -0.1) is 0 Å². The number of nitrogens with zero attached hydrogens (tertiary/aromatic N) is 2. The number of allylic oxidation sites excluding steroid dienone is 5. The van der Waals surface area contributed by atoms with E-state index in [1.165, 1.54) is 48.6 Å². The Morgan fingerprint density at radius 3 is 2.08 bits per heavy atom. The van der Waals surface area contributed by atoms with E-state index in [-0.39, 0.29) is 54.2 Å². The molecule has 1 unspecified atom stereocenters. The highest BCUT2D eigenvalue weighted by Crippen LogP contribution is 2.57. The molecule has 0 bridgehead atoms. The number of carboxylic acids is 4. The van der Waals surface area contributed by atoms with Crippen molar-refractivity contribution in [3.8, 4) is 11.5 Å². The fraction of sp³-hybridized carbons (Fsp3) is 0.258. The predicted octanol–water partition coefficient (Wildman–Crippen LogP) is 0.935. The van der Waals surface area contributed by atoms with Crippen molar-refractivity contribution < 1.29 is 63.5 Å². The summed E-state index contributed by atoms with van der Waals surface area (Å²) in [5, 5.41) is 47.3. The van der Waals surface area contributed by atoms with Crippen LogP contribution in [0.5, 0.6) is 11.5 Å². The molecule has 0 radical (unpaired) electrons. The fourth-order valence-corrected chi connectivity index (χ4v) is 7.28. The number of phenols is 1. The maximum atomic E-state index is 13.8. The lowest BCUT2D eigenvalue weighted by molar-refractivity contribution is -0.142. The van der Waals surface area contributed by atoms with Crippen LogP contribution in [0.15, 0.2) is 65.5 Å². The van der Waals surface area contributed by atoms with Crippen LogP contribution in [0.3, 0.4) is 0 Å². The highest BCUT2D eigenvalue weighted by molar-refractivity contribution is 7.74. The van der Waals surface area contributed by atoms with E-state index >= 15 is 0 Å². The smallest absolute Gasteiger partial charge is 0.323 e. The van der Waals surface area contributed by atoms with E-state index in [4.69, 9.17) is 25.2 Å². The summed E-state index contributed by atoms with van der Waals surface area (Å²) < 4.78 is 25.3. The van der Waals surface area contributed by atoms with Gasteiger partial charge in [0, 0.05) is 17.2 Å². The van der Waals surface area contributed by atoms with Crippen molar-refractivity contribution in [3.63, 3.8) is 0 Å². The molecule has 1 heterocycles. The highest BCUT2D eigenvalue weighted by Gasteiger charge is 2.39. The van der Waals surface area contributed by atoms with Crippen LogP contribution in [0.1, 0.15) is 11.1 Å². The molecule has 1 aliphatic carbocycles. The molecule has 0 saturated carbocycles. The Labute approximate surface area is 273 Å². The number of phenolic OH excluding ortho intramolecular Hbond substituents is 1. The SMILES string of the molecule is NP1(=O)C2=CC(=O)C=CC2=C(c2ccc(N(CC(=O)O)CC(=O)O)c(OCCOCCN(CC(=O)O)CC(=O)O)c2)c2ccc(O)cc21. The molecule has 2 aromatic rings. The van der Waals surface area contributed by atoms with Gasteiger partial charge in [-0.3, -0.25) is 38.9 Å². The summed E-state index contributed by atoms with van der Waals surface area (Å²) in [6.07, 6.45) is 3.92. The molecule has 4 rings (SSSR count). The normalized spacial score (nSPS) is 16.6. The molecule has 48 heavy (non-hydrogen) atoms. The number of carbonyl (C=O) groups excluding carboxylic acids is 1. The van der Waals surface area contributed by atoms with Crippen LogP contribution in [0.4, 0.5) is 5.69 Å². The lowest BCUT2D eigenvalue weighted by Crippen LogP contribution is -2.37. The number of fused-ring (bicyclic) bond motifs is 2. The number of nitrogens with two attached hydrogens (primary N) is 1. The summed E-state index contributed by atoms with van der Waals surface area (Å²) in [5.74, 6) is -5.62. The maximum Gasteiger partial charge on any atom is 0.323 e. The Kier molecular flexibility index (Phi) is 11.2. The molecule has 0 saturated heterocycles. The summed E-state index contributed by atoms with van der Waals surface area (Å²) in [5.41, 5.74) is 8.09. The predicted molar refractivity (Wildman–Crippen MR) is 170 cm³/mol. The van der Waals surface area contributed by atoms with Gasteiger partial charge in [0.1, 0.15) is 31.2 Å². The van der Waals surface area contributed by atoms with Gasteiger partial charge in [-0.25, -0.2) is 0 Å². The summed E-state index contributed by atoms with van der Waals surface area (Å²) in [6.45, 7) is -2.65. The Morgan fingerprint density at radius 1 is 0.812 bits per heavy atom. The Morgan fingerprint density at radius 2 is 1.46 bits per heavy atom. The number of rotatable bonds is 17. The second-order valence-corrected chi connectivity index (χ2v) is 13.0. The van der Waals surface area contributed by atoms with Gasteiger partial charge >= 0.3 is 23.9 Å². The molecule has 254 valence electrons. The van der Waals surface area contributed by atoms with E-state index in [0.29, 0.717) is 22.3 Å². The third kappa shape index (κ3) is 8.54. The van der Waals surface area contributed by atoms with Crippen molar-refractivity contribution in [1.29, 1.82) is 0 Å². The molecule has 2 aliphatic rings. The third-order valence-electron chi connectivity index (χ3n) is 7.20. The van der Waals surface area contributed by atoms with Crippen LogP contribution in [0.2, 0.25) is 0 Å². The summed E-state index contributed by atoms with van der Waals surface area (Å²) in [7, 11) is -3.83. The Balaban J connectivity index is 1.70. The van der Waals surface area contributed by atoms with Crippen molar-refractivity contribution in [3.05, 3.63) is 76.6 Å². The van der Waals surface area contributed by atoms with Crippen LogP contribution in [0, 0.1) is 0 Å². The number of aromatic hydroxyl groups is 1. The van der Waals surface area contributed by atoms with Gasteiger partial charge in [-0.05, 0) is 70.8 Å². The summed E-state index contributed by atoms with van der Waals surface area (Å²) in [4.78, 5) is 59.9. The highest BCUT2D eigenvalue weighted by atomic mass is 31.2. The number of hydrogen-bond acceptors (Lipinski definition) is 11. The van der Waals surface area contributed by atoms with E-state index in [9.17, 15) is 43.9 Å². The second-order valence-electron chi connectivity index (χ2n) is 10.7. The van der Waals surface area contributed by atoms with Crippen LogP contribution < -0.4 is 20.4 Å². The van der Waals surface area contributed by atoms with Gasteiger partial charge in [0.2, 0.25) is 7.29 Å². The van der Waals surface area contributed by atoms with Gasteiger partial charge in [0.15, 0.2) is 5.78 Å². The summed E-state index contributed by atoms with van der Waals surface area (Å²) >= 11 is 0. The molecule has 17 heteroatoms. The molecule has 0 spiro atoms. The van der Waals surface area contributed by atoms with Crippen LogP contribution in [-0.4, -0.2) is 113 Å². The zero-order valence-corrected chi connectivity index (χ0v) is 26.2. The summed E-state index contributed by atoms with van der Waals surface area (Å²) in [6, 6.07) is 8.71. The van der Waals surface area contributed by atoms with E-state index in [0.717, 1.165) is 9.80 Å². The first-order valence-corrected chi connectivity index (χ1v) is 16.1.